The monoisotopic (exact) mass is 262 g/mol. The molecule has 1 aliphatic rings. The highest BCUT2D eigenvalue weighted by Gasteiger charge is 2.34. The zero-order valence-electron chi connectivity index (χ0n) is 11.1. The summed E-state index contributed by atoms with van der Waals surface area (Å²) in [6, 6.07) is 0. The molecular weight excluding hydrogens is 236 g/mol. The molecule has 0 atom stereocenters. The van der Waals surface area contributed by atoms with Gasteiger partial charge in [0.05, 0.1) is 5.54 Å². The largest absolute Gasteiger partial charge is 0.355 e. The summed E-state index contributed by atoms with van der Waals surface area (Å²) in [5.41, 5.74) is 5.56. The van der Waals surface area contributed by atoms with Crippen molar-refractivity contribution >= 4 is 18.3 Å². The second kappa shape index (κ2) is 7.93. The molecule has 3 nitrogen and oxygen atoms in total. The Kier molecular flexibility index (Phi) is 7.80. The molecule has 1 fully saturated rings. The van der Waals surface area contributed by atoms with Crippen LogP contribution in [0.5, 0.6) is 0 Å². The summed E-state index contributed by atoms with van der Waals surface area (Å²) in [6.07, 6.45) is 7.33. The lowest BCUT2D eigenvalue weighted by atomic mass is 9.82. The fourth-order valence-electron chi connectivity index (χ4n) is 2.30. The molecule has 0 radical (unpaired) electrons. The molecule has 0 spiro atoms. The minimum atomic E-state index is -0.573. The third-order valence-corrected chi connectivity index (χ3v) is 3.44. The van der Waals surface area contributed by atoms with Crippen LogP contribution in [-0.4, -0.2) is 18.0 Å². The van der Waals surface area contributed by atoms with Crippen LogP contribution < -0.4 is 11.1 Å². The van der Waals surface area contributed by atoms with Gasteiger partial charge in [-0.2, -0.15) is 0 Å². The maximum absolute atomic E-state index is 11.9. The van der Waals surface area contributed by atoms with Gasteiger partial charge in [0.1, 0.15) is 0 Å². The topological polar surface area (TPSA) is 55.1 Å². The molecule has 0 heterocycles. The van der Waals surface area contributed by atoms with Gasteiger partial charge in [0, 0.05) is 6.54 Å². The average Bonchev–Trinajstić information content (AvgIpc) is 2.25. The maximum atomic E-state index is 11.9. The van der Waals surface area contributed by atoms with E-state index in [2.05, 4.69) is 19.2 Å². The van der Waals surface area contributed by atoms with Gasteiger partial charge in [0.2, 0.25) is 5.91 Å². The normalized spacial score (nSPS) is 18.6. The Labute approximate surface area is 111 Å². The Bertz CT molecular complexity index is 225. The first-order valence-electron chi connectivity index (χ1n) is 6.62. The second-order valence-corrected chi connectivity index (χ2v) is 5.51. The summed E-state index contributed by atoms with van der Waals surface area (Å²) in [7, 11) is 0. The molecule has 0 saturated heterocycles. The Morgan fingerprint density at radius 1 is 1.29 bits per heavy atom. The number of nitrogens with one attached hydrogen (secondary N) is 1. The standard InChI is InChI=1S/C13H26N2O.ClH/c1-11(2)7-6-10-15-12(16)13(14)8-4-3-5-9-13;/h11H,3-10,14H2,1-2H3,(H,15,16);1H. The van der Waals surface area contributed by atoms with Crippen LogP contribution in [0.4, 0.5) is 0 Å². The predicted octanol–water partition coefficient (Wildman–Crippen LogP) is 2.62. The zero-order valence-corrected chi connectivity index (χ0v) is 11.9. The van der Waals surface area contributed by atoms with Crippen LogP contribution in [0.2, 0.25) is 0 Å². The predicted molar refractivity (Wildman–Crippen MR) is 74.3 cm³/mol. The van der Waals surface area contributed by atoms with Gasteiger partial charge in [-0.05, 0) is 31.6 Å². The first-order valence-corrected chi connectivity index (χ1v) is 6.62. The molecule has 0 unspecified atom stereocenters. The number of hydrogen-bond acceptors (Lipinski definition) is 2. The molecular formula is C13H27ClN2O. The fourth-order valence-corrected chi connectivity index (χ4v) is 2.30. The van der Waals surface area contributed by atoms with Crippen LogP contribution in [0.15, 0.2) is 0 Å². The molecule has 1 saturated carbocycles. The van der Waals surface area contributed by atoms with E-state index in [1.807, 2.05) is 0 Å². The summed E-state index contributed by atoms with van der Waals surface area (Å²) in [4.78, 5) is 11.9. The number of amides is 1. The number of carbonyl (C=O) groups is 1. The van der Waals surface area contributed by atoms with Crippen LogP contribution >= 0.6 is 12.4 Å². The van der Waals surface area contributed by atoms with E-state index in [1.165, 1.54) is 6.42 Å². The third kappa shape index (κ3) is 5.73. The SMILES string of the molecule is CC(C)CCCNC(=O)C1(N)CCCCC1.Cl. The highest BCUT2D eigenvalue weighted by molar-refractivity contribution is 5.86. The summed E-state index contributed by atoms with van der Waals surface area (Å²) in [6.45, 7) is 5.18. The Balaban J connectivity index is 0.00000256. The molecule has 17 heavy (non-hydrogen) atoms. The lowest BCUT2D eigenvalue weighted by Gasteiger charge is -2.31. The van der Waals surface area contributed by atoms with Gasteiger partial charge in [0.25, 0.3) is 0 Å². The van der Waals surface area contributed by atoms with Crippen LogP contribution in [0, 0.1) is 5.92 Å². The highest BCUT2D eigenvalue weighted by Crippen LogP contribution is 2.25. The van der Waals surface area contributed by atoms with Gasteiger partial charge < -0.3 is 11.1 Å². The van der Waals surface area contributed by atoms with Crippen molar-refractivity contribution in [3.63, 3.8) is 0 Å². The van der Waals surface area contributed by atoms with Crippen molar-refractivity contribution < 1.29 is 4.79 Å². The molecule has 1 aliphatic carbocycles. The minimum absolute atomic E-state index is 0. The number of hydrogen-bond donors (Lipinski definition) is 2. The van der Waals surface area contributed by atoms with Crippen LogP contribution in [-0.2, 0) is 4.79 Å². The van der Waals surface area contributed by atoms with E-state index in [0.29, 0.717) is 5.92 Å². The Morgan fingerprint density at radius 2 is 1.88 bits per heavy atom. The quantitative estimate of drug-likeness (QED) is 0.749. The molecule has 0 aromatic heterocycles. The van der Waals surface area contributed by atoms with E-state index in [0.717, 1.165) is 45.1 Å². The third-order valence-electron chi connectivity index (χ3n) is 3.44. The minimum Gasteiger partial charge on any atom is -0.355 e. The number of carbonyl (C=O) groups excluding carboxylic acids is 1. The summed E-state index contributed by atoms with van der Waals surface area (Å²) in [5, 5.41) is 2.98. The van der Waals surface area contributed by atoms with Gasteiger partial charge in [0.15, 0.2) is 0 Å². The number of halogens is 1. The number of rotatable bonds is 5. The van der Waals surface area contributed by atoms with Gasteiger partial charge in [-0.1, -0.05) is 33.1 Å². The van der Waals surface area contributed by atoms with Crippen molar-refractivity contribution in [2.75, 3.05) is 6.54 Å². The van der Waals surface area contributed by atoms with Crippen molar-refractivity contribution in [3.05, 3.63) is 0 Å². The van der Waals surface area contributed by atoms with E-state index in [9.17, 15) is 4.79 Å². The van der Waals surface area contributed by atoms with Crippen LogP contribution in [0.3, 0.4) is 0 Å². The van der Waals surface area contributed by atoms with Gasteiger partial charge in [-0.15, -0.1) is 12.4 Å². The molecule has 1 amide bonds. The molecule has 0 aromatic carbocycles. The summed E-state index contributed by atoms with van der Waals surface area (Å²) in [5.74, 6) is 0.773. The first kappa shape index (κ1) is 16.7. The Morgan fingerprint density at radius 3 is 2.41 bits per heavy atom. The van der Waals surface area contributed by atoms with Gasteiger partial charge in [-0.25, -0.2) is 0 Å². The highest BCUT2D eigenvalue weighted by atomic mass is 35.5. The molecule has 0 aromatic rings. The molecule has 3 N–H and O–H groups in total. The maximum Gasteiger partial charge on any atom is 0.240 e. The van der Waals surface area contributed by atoms with E-state index >= 15 is 0 Å². The Hall–Kier alpha value is -0.280. The molecule has 0 bridgehead atoms. The lowest BCUT2D eigenvalue weighted by molar-refractivity contribution is -0.127. The van der Waals surface area contributed by atoms with Crippen molar-refractivity contribution in [2.45, 2.75) is 64.3 Å². The van der Waals surface area contributed by atoms with E-state index in [4.69, 9.17) is 5.73 Å². The smallest absolute Gasteiger partial charge is 0.240 e. The average molecular weight is 263 g/mol. The van der Waals surface area contributed by atoms with E-state index < -0.39 is 5.54 Å². The summed E-state index contributed by atoms with van der Waals surface area (Å²) >= 11 is 0. The van der Waals surface area contributed by atoms with Gasteiger partial charge in [-0.3, -0.25) is 4.79 Å². The van der Waals surface area contributed by atoms with Gasteiger partial charge >= 0.3 is 0 Å². The second-order valence-electron chi connectivity index (χ2n) is 5.51. The fraction of sp³-hybridized carbons (Fsp3) is 0.923. The van der Waals surface area contributed by atoms with Crippen LogP contribution in [0.25, 0.3) is 0 Å². The summed E-state index contributed by atoms with van der Waals surface area (Å²) < 4.78 is 0. The zero-order chi connectivity index (χ0) is 12.0. The molecule has 102 valence electrons. The lowest BCUT2D eigenvalue weighted by Crippen LogP contribution is -2.55. The van der Waals surface area contributed by atoms with Crippen molar-refractivity contribution in [2.24, 2.45) is 11.7 Å². The van der Waals surface area contributed by atoms with E-state index in [1.54, 1.807) is 0 Å². The van der Waals surface area contributed by atoms with Crippen LogP contribution in [0.1, 0.15) is 58.8 Å². The van der Waals surface area contributed by atoms with Crippen molar-refractivity contribution in [1.82, 2.24) is 5.32 Å². The van der Waals surface area contributed by atoms with Crippen molar-refractivity contribution in [1.29, 1.82) is 0 Å². The van der Waals surface area contributed by atoms with Crippen molar-refractivity contribution in [3.8, 4) is 0 Å². The molecule has 1 rings (SSSR count). The number of nitrogens with two attached hydrogens (primary N) is 1. The van der Waals surface area contributed by atoms with E-state index in [-0.39, 0.29) is 18.3 Å². The molecule has 0 aliphatic heterocycles. The first-order chi connectivity index (χ1) is 7.54. The molecule has 4 heteroatoms.